The molecule has 1 heterocycles. The van der Waals surface area contributed by atoms with E-state index >= 15 is 0 Å². The van der Waals surface area contributed by atoms with Crippen LogP contribution in [0.25, 0.3) is 0 Å². The van der Waals surface area contributed by atoms with Gasteiger partial charge in [-0.2, -0.15) is 0 Å². The third-order valence-corrected chi connectivity index (χ3v) is 3.04. The van der Waals surface area contributed by atoms with Crippen molar-refractivity contribution in [3.8, 4) is 5.75 Å². The molecule has 0 fully saturated rings. The second-order valence-corrected chi connectivity index (χ2v) is 4.39. The molecule has 0 saturated heterocycles. The van der Waals surface area contributed by atoms with Crippen molar-refractivity contribution in [1.82, 2.24) is 0 Å². The fourth-order valence-corrected chi connectivity index (χ4v) is 2.08. The first-order valence-electron chi connectivity index (χ1n) is 6.38. The lowest BCUT2D eigenvalue weighted by molar-refractivity contribution is 0.129. The van der Waals surface area contributed by atoms with E-state index in [9.17, 15) is 0 Å². The lowest BCUT2D eigenvalue weighted by Crippen LogP contribution is -2.16. The molecule has 0 bridgehead atoms. The molecule has 0 saturated carbocycles. The highest BCUT2D eigenvalue weighted by atomic mass is 16.6. The zero-order chi connectivity index (χ0) is 12.9. The van der Waals surface area contributed by atoms with E-state index in [4.69, 9.17) is 9.57 Å². The molecule has 0 unspecified atom stereocenters. The molecule has 2 aromatic carbocycles. The van der Waals surface area contributed by atoms with Crippen LogP contribution in [-0.2, 0) is 11.4 Å². The first-order chi connectivity index (χ1) is 9.43. The van der Waals surface area contributed by atoms with Crippen LogP contribution >= 0.6 is 0 Å². The summed E-state index contributed by atoms with van der Waals surface area (Å²) in [6.07, 6.45) is 0.784. The Hall–Kier alpha value is -2.29. The molecule has 0 aliphatic carbocycles. The smallest absolute Gasteiger partial charge is 0.142 e. The molecule has 3 heteroatoms. The van der Waals surface area contributed by atoms with Crippen molar-refractivity contribution >= 4 is 5.71 Å². The highest BCUT2D eigenvalue weighted by Crippen LogP contribution is 2.24. The van der Waals surface area contributed by atoms with Crippen LogP contribution in [0.3, 0.4) is 0 Å². The average molecular weight is 253 g/mol. The van der Waals surface area contributed by atoms with E-state index in [1.807, 2.05) is 54.6 Å². The van der Waals surface area contributed by atoms with Gasteiger partial charge >= 0.3 is 0 Å². The summed E-state index contributed by atoms with van der Waals surface area (Å²) in [5, 5.41) is 4.26. The Morgan fingerprint density at radius 3 is 2.68 bits per heavy atom. The Bertz CT molecular complexity index is 578. The molecule has 0 N–H and O–H groups in total. The molecule has 0 amide bonds. The van der Waals surface area contributed by atoms with Crippen LogP contribution in [0.1, 0.15) is 17.5 Å². The molecule has 0 atom stereocenters. The summed E-state index contributed by atoms with van der Waals surface area (Å²) in [4.78, 5) is 5.45. The van der Waals surface area contributed by atoms with Crippen molar-refractivity contribution < 1.29 is 9.57 Å². The highest BCUT2D eigenvalue weighted by Gasteiger charge is 2.16. The third-order valence-electron chi connectivity index (χ3n) is 3.04. The Labute approximate surface area is 112 Å². The van der Waals surface area contributed by atoms with E-state index in [0.29, 0.717) is 13.2 Å². The van der Waals surface area contributed by atoms with Crippen LogP contribution < -0.4 is 4.74 Å². The molecule has 0 aromatic heterocycles. The van der Waals surface area contributed by atoms with Gasteiger partial charge in [0.25, 0.3) is 0 Å². The normalized spacial score (nSPS) is 15.7. The van der Waals surface area contributed by atoms with Crippen molar-refractivity contribution in [1.29, 1.82) is 0 Å². The summed E-state index contributed by atoms with van der Waals surface area (Å²) in [7, 11) is 0. The number of para-hydroxylation sites is 1. The Morgan fingerprint density at radius 1 is 1.00 bits per heavy atom. The molecule has 1 aliphatic rings. The van der Waals surface area contributed by atoms with Gasteiger partial charge in [0, 0.05) is 12.0 Å². The van der Waals surface area contributed by atoms with Gasteiger partial charge in [-0.1, -0.05) is 47.6 Å². The van der Waals surface area contributed by atoms with E-state index in [2.05, 4.69) is 5.16 Å². The number of hydrogen-bond donors (Lipinski definition) is 0. The molecule has 96 valence electrons. The fourth-order valence-electron chi connectivity index (χ4n) is 2.08. The van der Waals surface area contributed by atoms with Gasteiger partial charge in [-0.25, -0.2) is 0 Å². The predicted molar refractivity (Wildman–Crippen MR) is 74.3 cm³/mol. The van der Waals surface area contributed by atoms with Crippen molar-refractivity contribution in [2.24, 2.45) is 5.16 Å². The largest absolute Gasteiger partial charge is 0.492 e. The number of nitrogens with zero attached hydrogens (tertiary/aromatic N) is 1. The van der Waals surface area contributed by atoms with E-state index in [1.165, 1.54) is 0 Å². The molecule has 0 spiro atoms. The van der Waals surface area contributed by atoms with Gasteiger partial charge < -0.3 is 9.57 Å². The number of ether oxygens (including phenoxy) is 1. The molecular formula is C16H15NO2. The number of oxime groups is 1. The first kappa shape index (κ1) is 11.8. The van der Waals surface area contributed by atoms with Crippen molar-refractivity contribution in [3.05, 3.63) is 65.7 Å². The molecule has 19 heavy (non-hydrogen) atoms. The Kier molecular flexibility index (Phi) is 3.45. The van der Waals surface area contributed by atoms with Crippen LogP contribution in [-0.4, -0.2) is 12.3 Å². The summed E-state index contributed by atoms with van der Waals surface area (Å²) in [6.45, 7) is 1.15. The minimum absolute atomic E-state index is 0.493. The maximum Gasteiger partial charge on any atom is 0.142 e. The van der Waals surface area contributed by atoms with E-state index in [-0.39, 0.29) is 0 Å². The summed E-state index contributed by atoms with van der Waals surface area (Å²) in [5.74, 6) is 0.885. The monoisotopic (exact) mass is 253 g/mol. The van der Waals surface area contributed by atoms with Gasteiger partial charge in [0.1, 0.15) is 12.4 Å². The fraction of sp³-hybridized carbons (Fsp3) is 0.188. The Morgan fingerprint density at radius 2 is 1.79 bits per heavy atom. The number of benzene rings is 2. The highest BCUT2D eigenvalue weighted by molar-refractivity contribution is 6.03. The standard InChI is InChI=1S/C16H15NO2/c1-2-6-13(7-3-1)12-19-17-15-10-11-18-16-9-5-4-8-14(15)16/h1-9H,10-12H2/b17-15-. The van der Waals surface area contributed by atoms with E-state index < -0.39 is 0 Å². The predicted octanol–water partition coefficient (Wildman–Crippen LogP) is 3.39. The van der Waals surface area contributed by atoms with Crippen LogP contribution in [0.4, 0.5) is 0 Å². The molecule has 2 aromatic rings. The average Bonchev–Trinajstić information content (AvgIpc) is 2.49. The van der Waals surface area contributed by atoms with Gasteiger partial charge in [0.15, 0.2) is 0 Å². The summed E-state index contributed by atoms with van der Waals surface area (Å²) in [5.41, 5.74) is 3.10. The number of fused-ring (bicyclic) bond motifs is 1. The van der Waals surface area contributed by atoms with E-state index in [0.717, 1.165) is 29.0 Å². The minimum atomic E-state index is 0.493. The quantitative estimate of drug-likeness (QED) is 0.785. The molecule has 3 nitrogen and oxygen atoms in total. The first-order valence-corrected chi connectivity index (χ1v) is 6.38. The van der Waals surface area contributed by atoms with Crippen molar-refractivity contribution in [3.63, 3.8) is 0 Å². The molecule has 3 rings (SSSR count). The zero-order valence-electron chi connectivity index (χ0n) is 10.6. The van der Waals surface area contributed by atoms with Crippen LogP contribution in [0.2, 0.25) is 0 Å². The van der Waals surface area contributed by atoms with Gasteiger partial charge in [0.2, 0.25) is 0 Å². The lowest BCUT2D eigenvalue weighted by atomic mass is 10.0. The summed E-state index contributed by atoms with van der Waals surface area (Å²) >= 11 is 0. The SMILES string of the molecule is c1ccc(CO/N=C2/CCOc3ccccc32)cc1. The van der Waals surface area contributed by atoms with Crippen LogP contribution in [0, 0.1) is 0 Å². The van der Waals surface area contributed by atoms with Crippen LogP contribution in [0.5, 0.6) is 5.75 Å². The van der Waals surface area contributed by atoms with Crippen LogP contribution in [0.15, 0.2) is 59.8 Å². The summed E-state index contributed by atoms with van der Waals surface area (Å²) in [6, 6.07) is 18.0. The van der Waals surface area contributed by atoms with Gasteiger partial charge in [-0.05, 0) is 17.7 Å². The molecular weight excluding hydrogens is 238 g/mol. The molecule has 0 radical (unpaired) electrons. The second kappa shape index (κ2) is 5.57. The third kappa shape index (κ3) is 2.76. The van der Waals surface area contributed by atoms with Crippen molar-refractivity contribution in [2.75, 3.05) is 6.61 Å². The number of hydrogen-bond acceptors (Lipinski definition) is 3. The lowest BCUT2D eigenvalue weighted by Gasteiger charge is -2.18. The van der Waals surface area contributed by atoms with Crippen molar-refractivity contribution in [2.45, 2.75) is 13.0 Å². The summed E-state index contributed by atoms with van der Waals surface area (Å²) < 4.78 is 5.58. The van der Waals surface area contributed by atoms with Gasteiger partial charge in [-0.3, -0.25) is 0 Å². The van der Waals surface area contributed by atoms with Gasteiger partial charge in [0.05, 0.1) is 12.3 Å². The topological polar surface area (TPSA) is 30.8 Å². The number of rotatable bonds is 3. The Balaban J connectivity index is 1.71. The second-order valence-electron chi connectivity index (χ2n) is 4.39. The van der Waals surface area contributed by atoms with E-state index in [1.54, 1.807) is 0 Å². The maximum atomic E-state index is 5.58. The maximum absolute atomic E-state index is 5.58. The van der Waals surface area contributed by atoms with Gasteiger partial charge in [-0.15, -0.1) is 0 Å². The molecule has 1 aliphatic heterocycles. The minimum Gasteiger partial charge on any atom is -0.492 e. The zero-order valence-corrected chi connectivity index (χ0v) is 10.6.